The topological polar surface area (TPSA) is 139 Å². The van der Waals surface area contributed by atoms with Gasteiger partial charge in [0.1, 0.15) is 6.54 Å². The number of nitrogens with one attached hydrogen (secondary N) is 1. The maximum atomic E-state index is 12.6. The van der Waals surface area contributed by atoms with Crippen molar-refractivity contribution in [1.29, 1.82) is 0 Å². The number of aromatic hydroxyl groups is 1. The van der Waals surface area contributed by atoms with Crippen molar-refractivity contribution in [3.8, 4) is 11.5 Å². The van der Waals surface area contributed by atoms with Gasteiger partial charge in [-0.2, -0.15) is 0 Å². The van der Waals surface area contributed by atoms with Crippen LogP contribution in [0.3, 0.4) is 0 Å². The van der Waals surface area contributed by atoms with Gasteiger partial charge in [0.2, 0.25) is 11.7 Å². The van der Waals surface area contributed by atoms with Crippen molar-refractivity contribution in [2.45, 2.75) is 6.92 Å². The first-order chi connectivity index (χ1) is 14.7. The number of methoxy groups -OCH3 is 1. The molecular weight excluding hydrogens is 426 g/mol. The Kier molecular flexibility index (Phi) is 6.25. The zero-order valence-electron chi connectivity index (χ0n) is 16.4. The summed E-state index contributed by atoms with van der Waals surface area (Å²) in [7, 11) is 1.23. The SMILES string of the molecule is COc1cc(/C=C2/SC(=O)N(CC(=O)Nc3ccc(C)cc3)C2=O)cc([N+](=O)[O-])c1O. The van der Waals surface area contributed by atoms with E-state index in [-0.39, 0.29) is 16.2 Å². The van der Waals surface area contributed by atoms with Crippen molar-refractivity contribution in [2.75, 3.05) is 19.0 Å². The molecule has 2 N–H and O–H groups in total. The van der Waals surface area contributed by atoms with Crippen LogP contribution in [-0.2, 0) is 9.59 Å². The molecule has 2 aromatic rings. The third kappa shape index (κ3) is 4.83. The minimum Gasteiger partial charge on any atom is -0.500 e. The maximum absolute atomic E-state index is 12.6. The van der Waals surface area contributed by atoms with Gasteiger partial charge in [-0.1, -0.05) is 17.7 Å². The van der Waals surface area contributed by atoms with E-state index < -0.39 is 40.0 Å². The largest absolute Gasteiger partial charge is 0.500 e. The number of carbonyl (C=O) groups is 3. The highest BCUT2D eigenvalue weighted by Gasteiger charge is 2.36. The number of nitro benzene ring substituents is 1. The molecule has 0 unspecified atom stereocenters. The molecule has 2 aromatic carbocycles. The number of phenols is 1. The summed E-state index contributed by atoms with van der Waals surface area (Å²) in [5.41, 5.74) is 1.11. The fourth-order valence-electron chi connectivity index (χ4n) is 2.76. The van der Waals surface area contributed by atoms with Gasteiger partial charge in [0.05, 0.1) is 16.9 Å². The molecular formula is C20H17N3O7S. The van der Waals surface area contributed by atoms with E-state index >= 15 is 0 Å². The Bertz CT molecular complexity index is 1110. The lowest BCUT2D eigenvalue weighted by Gasteiger charge is -2.12. The molecule has 3 rings (SSSR count). The smallest absolute Gasteiger partial charge is 0.315 e. The van der Waals surface area contributed by atoms with Gasteiger partial charge in [0, 0.05) is 11.8 Å². The molecule has 31 heavy (non-hydrogen) atoms. The van der Waals surface area contributed by atoms with Gasteiger partial charge in [-0.05, 0) is 48.5 Å². The number of aryl methyl sites for hydroxylation is 1. The number of rotatable bonds is 6. The number of imide groups is 1. The van der Waals surface area contributed by atoms with Crippen LogP contribution >= 0.6 is 11.8 Å². The summed E-state index contributed by atoms with van der Waals surface area (Å²) in [5.74, 6) is -2.05. The number of amides is 3. The fourth-order valence-corrected chi connectivity index (χ4v) is 3.60. The van der Waals surface area contributed by atoms with Crippen LogP contribution in [-0.4, -0.2) is 45.6 Å². The van der Waals surface area contributed by atoms with E-state index in [1.54, 1.807) is 12.1 Å². The Balaban J connectivity index is 1.79. The van der Waals surface area contributed by atoms with Crippen LogP contribution in [0.5, 0.6) is 11.5 Å². The summed E-state index contributed by atoms with van der Waals surface area (Å²) in [5, 5.41) is 22.9. The van der Waals surface area contributed by atoms with Gasteiger partial charge in [-0.3, -0.25) is 29.4 Å². The predicted octanol–water partition coefficient (Wildman–Crippen LogP) is 3.29. The molecule has 1 fully saturated rings. The zero-order valence-corrected chi connectivity index (χ0v) is 17.3. The molecule has 1 saturated heterocycles. The van der Waals surface area contributed by atoms with Crippen LogP contribution in [0.1, 0.15) is 11.1 Å². The van der Waals surface area contributed by atoms with E-state index in [0.717, 1.165) is 16.5 Å². The van der Waals surface area contributed by atoms with Crippen molar-refractivity contribution >= 4 is 46.3 Å². The lowest BCUT2D eigenvalue weighted by atomic mass is 10.1. The maximum Gasteiger partial charge on any atom is 0.315 e. The predicted molar refractivity (Wildman–Crippen MR) is 114 cm³/mol. The zero-order chi connectivity index (χ0) is 22.7. The Morgan fingerprint density at radius 2 is 1.97 bits per heavy atom. The van der Waals surface area contributed by atoms with Crippen LogP contribution in [0.25, 0.3) is 6.08 Å². The quantitative estimate of drug-likeness (QED) is 0.394. The van der Waals surface area contributed by atoms with Crippen molar-refractivity contribution in [1.82, 2.24) is 4.90 Å². The molecule has 0 atom stereocenters. The Morgan fingerprint density at radius 3 is 2.58 bits per heavy atom. The number of anilines is 1. The average Bonchev–Trinajstić information content (AvgIpc) is 2.98. The number of nitro groups is 1. The first-order valence-electron chi connectivity index (χ1n) is 8.87. The van der Waals surface area contributed by atoms with Gasteiger partial charge in [0.15, 0.2) is 5.75 Å². The van der Waals surface area contributed by atoms with E-state index in [9.17, 15) is 29.6 Å². The second kappa shape index (κ2) is 8.88. The molecule has 0 saturated carbocycles. The van der Waals surface area contributed by atoms with Crippen molar-refractivity contribution in [3.63, 3.8) is 0 Å². The second-order valence-electron chi connectivity index (χ2n) is 6.53. The normalized spacial score (nSPS) is 14.8. The third-order valence-electron chi connectivity index (χ3n) is 4.30. The van der Waals surface area contributed by atoms with Crippen molar-refractivity contribution in [2.24, 2.45) is 0 Å². The summed E-state index contributed by atoms with van der Waals surface area (Å²) in [6.45, 7) is 1.42. The Labute approximate surface area is 180 Å². The fraction of sp³-hybridized carbons (Fsp3) is 0.150. The minimum atomic E-state index is -0.795. The Morgan fingerprint density at radius 1 is 1.29 bits per heavy atom. The van der Waals surface area contributed by atoms with E-state index in [2.05, 4.69) is 5.32 Å². The van der Waals surface area contributed by atoms with Crippen molar-refractivity contribution in [3.05, 3.63) is 62.5 Å². The number of ether oxygens (including phenoxy) is 1. The summed E-state index contributed by atoms with van der Waals surface area (Å²) in [4.78, 5) is 48.2. The van der Waals surface area contributed by atoms with Gasteiger partial charge in [-0.15, -0.1) is 0 Å². The van der Waals surface area contributed by atoms with E-state index in [1.165, 1.54) is 19.3 Å². The summed E-state index contributed by atoms with van der Waals surface area (Å²) >= 11 is 0.604. The number of benzene rings is 2. The molecule has 1 aliphatic heterocycles. The number of hydrogen-bond donors (Lipinski definition) is 2. The number of carbonyl (C=O) groups excluding carboxylic acids is 3. The van der Waals surface area contributed by atoms with Gasteiger partial charge in [0.25, 0.3) is 11.1 Å². The second-order valence-corrected chi connectivity index (χ2v) is 7.52. The Hall–Kier alpha value is -3.86. The molecule has 1 heterocycles. The van der Waals surface area contributed by atoms with Gasteiger partial charge >= 0.3 is 5.69 Å². The summed E-state index contributed by atoms with van der Waals surface area (Å²) in [6.07, 6.45) is 1.26. The van der Waals surface area contributed by atoms with E-state index in [4.69, 9.17) is 4.74 Å². The van der Waals surface area contributed by atoms with Crippen LogP contribution < -0.4 is 10.1 Å². The molecule has 160 valence electrons. The standard InChI is InChI=1S/C20H17N3O7S/c1-11-3-5-13(6-4-11)21-17(24)10-22-19(26)16(31-20(22)27)9-12-7-14(23(28)29)18(25)15(8-12)30-2/h3-9,25H,10H2,1-2H3,(H,21,24)/b16-9+. The van der Waals surface area contributed by atoms with Crippen molar-refractivity contribution < 1.29 is 29.2 Å². The first kappa shape index (κ1) is 21.8. The number of thioether (sulfide) groups is 1. The molecule has 0 spiro atoms. The molecule has 11 heteroatoms. The number of phenolic OH excluding ortho intramolecular Hbond substituents is 1. The number of nitrogens with zero attached hydrogens (tertiary/aromatic N) is 2. The molecule has 0 aromatic heterocycles. The lowest BCUT2D eigenvalue weighted by molar-refractivity contribution is -0.386. The molecule has 0 radical (unpaired) electrons. The van der Waals surface area contributed by atoms with Crippen LogP contribution in [0.4, 0.5) is 16.2 Å². The van der Waals surface area contributed by atoms with Gasteiger partial charge < -0.3 is 15.2 Å². The summed E-state index contributed by atoms with van der Waals surface area (Å²) < 4.78 is 4.92. The minimum absolute atomic E-state index is 0.0184. The van der Waals surface area contributed by atoms with Crippen LogP contribution in [0.15, 0.2) is 41.3 Å². The molecule has 1 aliphatic rings. The highest BCUT2D eigenvalue weighted by molar-refractivity contribution is 8.18. The molecule has 0 bridgehead atoms. The first-order valence-corrected chi connectivity index (χ1v) is 9.68. The monoisotopic (exact) mass is 443 g/mol. The lowest BCUT2D eigenvalue weighted by Crippen LogP contribution is -2.36. The summed E-state index contributed by atoms with van der Waals surface area (Å²) in [6, 6.07) is 9.36. The highest BCUT2D eigenvalue weighted by atomic mass is 32.2. The number of hydrogen-bond acceptors (Lipinski definition) is 8. The molecule has 10 nitrogen and oxygen atoms in total. The average molecular weight is 443 g/mol. The van der Waals surface area contributed by atoms with Gasteiger partial charge in [-0.25, -0.2) is 0 Å². The third-order valence-corrected chi connectivity index (χ3v) is 5.21. The van der Waals surface area contributed by atoms with Crippen LogP contribution in [0.2, 0.25) is 0 Å². The van der Waals surface area contributed by atoms with E-state index in [0.29, 0.717) is 17.4 Å². The van der Waals surface area contributed by atoms with Crippen LogP contribution in [0, 0.1) is 17.0 Å². The molecule has 0 aliphatic carbocycles. The van der Waals surface area contributed by atoms with E-state index in [1.807, 2.05) is 19.1 Å². The molecule has 3 amide bonds. The highest BCUT2D eigenvalue weighted by Crippen LogP contribution is 2.39.